The van der Waals surface area contributed by atoms with E-state index in [1.807, 2.05) is 24.0 Å². The van der Waals surface area contributed by atoms with Crippen LogP contribution in [0, 0.1) is 5.92 Å². The van der Waals surface area contributed by atoms with Gasteiger partial charge in [-0.15, -0.1) is 0 Å². The Bertz CT molecular complexity index is 743. The Hall–Kier alpha value is -1.97. The normalized spacial score (nSPS) is 16.8. The van der Waals surface area contributed by atoms with Crippen molar-refractivity contribution in [2.75, 3.05) is 23.3 Å². The molecule has 2 aliphatic carbocycles. The quantitative estimate of drug-likeness (QED) is 0.794. The number of nitrogens with one attached hydrogen (secondary N) is 1. The van der Waals surface area contributed by atoms with E-state index < -0.39 is 0 Å². The van der Waals surface area contributed by atoms with Gasteiger partial charge in [0.15, 0.2) is 0 Å². The first-order valence-corrected chi connectivity index (χ1v) is 10.4. The summed E-state index contributed by atoms with van der Waals surface area (Å²) >= 11 is 0. The highest BCUT2D eigenvalue weighted by Crippen LogP contribution is 2.33. The second kappa shape index (κ2) is 7.73. The molecule has 4 nitrogen and oxygen atoms in total. The average Bonchev–Trinajstić information content (AvgIpc) is 3.39. The van der Waals surface area contributed by atoms with Gasteiger partial charge >= 0.3 is 0 Å². The second-order valence-corrected chi connectivity index (χ2v) is 8.02. The number of nitrogens with zero attached hydrogens (tertiary/aromatic N) is 3. The molecule has 0 amide bonds. The van der Waals surface area contributed by atoms with Crippen LogP contribution in [0.2, 0.25) is 0 Å². The standard InChI is InChI=1S/C22H32N4/c1-3-26(16-17-7-4-5-8-17)21-14-19-10-6-9-18(19)13-20(21)15-23-22-11-12-25(2)24-22/h11-14,17H,3-10,15-16H2,1-2H3,(H,23,24). The monoisotopic (exact) mass is 352 g/mol. The van der Waals surface area contributed by atoms with Crippen molar-refractivity contribution in [2.24, 2.45) is 13.0 Å². The summed E-state index contributed by atoms with van der Waals surface area (Å²) in [6.45, 7) is 5.46. The number of anilines is 2. The minimum atomic E-state index is 0.848. The number of aryl methyl sites for hydroxylation is 3. The number of hydrogen-bond donors (Lipinski definition) is 1. The molecule has 1 N–H and O–H groups in total. The van der Waals surface area contributed by atoms with Gasteiger partial charge in [0.25, 0.3) is 0 Å². The molecular weight excluding hydrogens is 320 g/mol. The van der Waals surface area contributed by atoms with Crippen LogP contribution >= 0.6 is 0 Å². The maximum absolute atomic E-state index is 4.47. The van der Waals surface area contributed by atoms with Gasteiger partial charge < -0.3 is 10.2 Å². The van der Waals surface area contributed by atoms with Gasteiger partial charge in [-0.2, -0.15) is 5.10 Å². The zero-order valence-electron chi connectivity index (χ0n) is 16.3. The smallest absolute Gasteiger partial charge is 0.148 e. The minimum absolute atomic E-state index is 0.848. The predicted octanol–water partition coefficient (Wildman–Crippen LogP) is 4.54. The number of rotatable bonds is 7. The molecule has 0 spiro atoms. The number of aromatic nitrogens is 2. The molecule has 4 rings (SSSR count). The van der Waals surface area contributed by atoms with Crippen LogP contribution in [0.1, 0.15) is 55.7 Å². The fraction of sp³-hybridized carbons (Fsp3) is 0.591. The molecule has 0 saturated heterocycles. The van der Waals surface area contributed by atoms with Crippen LogP contribution in [0.5, 0.6) is 0 Å². The fourth-order valence-electron chi connectivity index (χ4n) is 4.70. The molecule has 0 bridgehead atoms. The third kappa shape index (κ3) is 3.74. The first-order chi connectivity index (χ1) is 12.7. The molecule has 1 aromatic carbocycles. The summed E-state index contributed by atoms with van der Waals surface area (Å²) in [5.41, 5.74) is 6.01. The van der Waals surface area contributed by atoms with Crippen LogP contribution in [0.15, 0.2) is 24.4 Å². The van der Waals surface area contributed by atoms with Gasteiger partial charge in [0, 0.05) is 44.6 Å². The van der Waals surface area contributed by atoms with E-state index in [0.29, 0.717) is 0 Å². The van der Waals surface area contributed by atoms with Crippen LogP contribution in [0.25, 0.3) is 0 Å². The zero-order chi connectivity index (χ0) is 17.9. The highest BCUT2D eigenvalue weighted by Gasteiger charge is 2.22. The van der Waals surface area contributed by atoms with E-state index in [-0.39, 0.29) is 0 Å². The lowest BCUT2D eigenvalue weighted by atomic mass is 10.0. The van der Waals surface area contributed by atoms with Crippen LogP contribution < -0.4 is 10.2 Å². The molecule has 2 aliphatic rings. The Morgan fingerprint density at radius 2 is 1.92 bits per heavy atom. The molecule has 4 heteroatoms. The zero-order valence-corrected chi connectivity index (χ0v) is 16.3. The highest BCUT2D eigenvalue weighted by atomic mass is 15.3. The Morgan fingerprint density at radius 1 is 1.15 bits per heavy atom. The number of benzene rings is 1. The number of fused-ring (bicyclic) bond motifs is 1. The minimum Gasteiger partial charge on any atom is -0.371 e. The SMILES string of the molecule is CCN(CC1CCCC1)c1cc2c(cc1CNc1ccn(C)n1)CCC2. The Morgan fingerprint density at radius 3 is 2.62 bits per heavy atom. The second-order valence-electron chi connectivity index (χ2n) is 8.02. The van der Waals surface area contributed by atoms with Crippen molar-refractivity contribution in [3.63, 3.8) is 0 Å². The van der Waals surface area contributed by atoms with Gasteiger partial charge in [-0.05, 0) is 67.7 Å². The molecule has 1 fully saturated rings. The van der Waals surface area contributed by atoms with Crippen molar-refractivity contribution in [2.45, 2.75) is 58.4 Å². The van der Waals surface area contributed by atoms with Crippen molar-refractivity contribution in [1.29, 1.82) is 0 Å². The Kier molecular flexibility index (Phi) is 5.18. The lowest BCUT2D eigenvalue weighted by molar-refractivity contribution is 0.535. The molecule has 0 aliphatic heterocycles. The molecule has 1 heterocycles. The lowest BCUT2D eigenvalue weighted by Gasteiger charge is -2.29. The fourth-order valence-corrected chi connectivity index (χ4v) is 4.70. The van der Waals surface area contributed by atoms with Gasteiger partial charge in [0.2, 0.25) is 0 Å². The summed E-state index contributed by atoms with van der Waals surface area (Å²) in [6.07, 6.45) is 11.4. The maximum atomic E-state index is 4.47. The third-order valence-electron chi connectivity index (χ3n) is 6.14. The van der Waals surface area contributed by atoms with Gasteiger partial charge in [-0.3, -0.25) is 4.68 Å². The third-order valence-corrected chi connectivity index (χ3v) is 6.14. The van der Waals surface area contributed by atoms with E-state index in [4.69, 9.17) is 0 Å². The van der Waals surface area contributed by atoms with E-state index in [9.17, 15) is 0 Å². The molecule has 1 saturated carbocycles. The van der Waals surface area contributed by atoms with Gasteiger partial charge in [-0.1, -0.05) is 18.9 Å². The van der Waals surface area contributed by atoms with Crippen LogP contribution in [-0.2, 0) is 26.4 Å². The molecule has 2 aromatic rings. The molecule has 26 heavy (non-hydrogen) atoms. The van der Waals surface area contributed by atoms with Crippen molar-refractivity contribution in [3.8, 4) is 0 Å². The summed E-state index contributed by atoms with van der Waals surface area (Å²) in [7, 11) is 1.96. The Labute approximate surface area is 157 Å². The van der Waals surface area contributed by atoms with Crippen molar-refractivity contribution in [1.82, 2.24) is 9.78 Å². The lowest BCUT2D eigenvalue weighted by Crippen LogP contribution is -2.29. The molecule has 140 valence electrons. The Balaban J connectivity index is 1.58. The summed E-state index contributed by atoms with van der Waals surface area (Å²) in [5.74, 6) is 1.83. The van der Waals surface area contributed by atoms with Crippen molar-refractivity contribution < 1.29 is 0 Å². The van der Waals surface area contributed by atoms with Crippen molar-refractivity contribution in [3.05, 3.63) is 41.1 Å². The van der Waals surface area contributed by atoms with Gasteiger partial charge in [-0.25, -0.2) is 0 Å². The summed E-state index contributed by atoms with van der Waals surface area (Å²) < 4.78 is 1.85. The molecule has 0 radical (unpaired) electrons. The average molecular weight is 353 g/mol. The van der Waals surface area contributed by atoms with E-state index in [0.717, 1.165) is 24.8 Å². The maximum Gasteiger partial charge on any atom is 0.148 e. The first kappa shape index (κ1) is 17.4. The molecule has 0 atom stereocenters. The van der Waals surface area contributed by atoms with Crippen LogP contribution in [0.4, 0.5) is 11.5 Å². The highest BCUT2D eigenvalue weighted by molar-refractivity contribution is 5.59. The summed E-state index contributed by atoms with van der Waals surface area (Å²) in [6, 6.07) is 7.00. The van der Waals surface area contributed by atoms with E-state index in [1.165, 1.54) is 62.7 Å². The topological polar surface area (TPSA) is 33.1 Å². The van der Waals surface area contributed by atoms with E-state index in [2.05, 4.69) is 34.4 Å². The van der Waals surface area contributed by atoms with Gasteiger partial charge in [0.05, 0.1) is 0 Å². The van der Waals surface area contributed by atoms with E-state index in [1.54, 1.807) is 11.1 Å². The molecule has 0 unspecified atom stereocenters. The van der Waals surface area contributed by atoms with Crippen LogP contribution in [-0.4, -0.2) is 22.9 Å². The van der Waals surface area contributed by atoms with Crippen LogP contribution in [0.3, 0.4) is 0 Å². The first-order valence-electron chi connectivity index (χ1n) is 10.4. The predicted molar refractivity (Wildman–Crippen MR) is 109 cm³/mol. The largest absolute Gasteiger partial charge is 0.371 e. The van der Waals surface area contributed by atoms with Crippen molar-refractivity contribution >= 4 is 11.5 Å². The number of hydrogen-bond acceptors (Lipinski definition) is 3. The summed E-state index contributed by atoms with van der Waals surface area (Å²) in [5, 5.41) is 8.00. The van der Waals surface area contributed by atoms with E-state index >= 15 is 0 Å². The molecule has 1 aromatic heterocycles. The summed E-state index contributed by atoms with van der Waals surface area (Å²) in [4.78, 5) is 2.63. The molecular formula is C22H32N4. The van der Waals surface area contributed by atoms with Gasteiger partial charge in [0.1, 0.15) is 5.82 Å².